The Hall–Kier alpha value is -3.52. The van der Waals surface area contributed by atoms with Crippen molar-refractivity contribution in [2.24, 2.45) is 36.1 Å². The van der Waals surface area contributed by atoms with Gasteiger partial charge in [-0.2, -0.15) is 5.10 Å². The molecule has 4 aromatic rings. The number of imide groups is 2. The molecular weight excluding hydrogens is 872 g/mol. The first-order valence-corrected chi connectivity index (χ1v) is 21.5. The Kier molecular flexibility index (Phi) is 8.95. The molecule has 6 unspecified atom stereocenters. The summed E-state index contributed by atoms with van der Waals surface area (Å²) < 4.78 is 9.10. The predicted octanol–water partition coefficient (Wildman–Crippen LogP) is 9.07. The highest BCUT2D eigenvalue weighted by Crippen LogP contribution is 2.65. The number of thiophene rings is 1. The number of carbonyl (C=O) groups is 4. The number of nitrogens with zero attached hydrogens (tertiary/aromatic N) is 4. The number of amides is 4. The lowest BCUT2D eigenvalue weighted by Gasteiger charge is -2.49. The number of halogens is 3. The number of anilines is 1. The van der Waals surface area contributed by atoms with Gasteiger partial charge in [0.15, 0.2) is 11.5 Å². The summed E-state index contributed by atoms with van der Waals surface area (Å²) in [6.07, 6.45) is 7.34. The van der Waals surface area contributed by atoms with Crippen LogP contribution in [0.15, 0.2) is 50.9 Å². The lowest BCUT2D eigenvalue weighted by Crippen LogP contribution is -2.49. The number of hydrogen-bond acceptors (Lipinski definition) is 8. The van der Waals surface area contributed by atoms with E-state index in [-0.39, 0.29) is 47.6 Å². The molecule has 4 fully saturated rings. The SMILES string of the molecule is COc1cc(C2C3=CCC4C(=O)N(C5CCCCC5)C(=O)C4C3CC3C(=O)N(c4cc(-c5sc6ccc(Cl)cc6c5C)nn4C)C(=O)C32C)c(Br)c(Br)c1O. The summed E-state index contributed by atoms with van der Waals surface area (Å²) in [7, 11) is 3.19. The number of ether oxygens (including phenoxy) is 1. The van der Waals surface area contributed by atoms with Crippen molar-refractivity contribution in [3.8, 4) is 22.1 Å². The van der Waals surface area contributed by atoms with Crippen molar-refractivity contribution < 1.29 is 29.0 Å². The molecule has 2 aromatic carbocycles. The zero-order chi connectivity index (χ0) is 38.8. The van der Waals surface area contributed by atoms with Crippen LogP contribution in [-0.4, -0.2) is 56.6 Å². The standard InChI is InChI=1S/C41H39Br2ClN4O6S/c1-18-23-14-19(44)10-13-29(23)55-36(18)27-17-30(46(3)45-27)48-38(51)26-15-24-21(11-12-22-31(24)39(52)47(37(22)50)20-8-6-5-7-9-20)32(41(26,2)40(48)53)25-16-28(54-4)35(49)34(43)33(25)42/h10-11,13-14,16-17,20,22,24,26,31-32,49H,5-9,12,15H2,1-4H3. The molecule has 4 amide bonds. The van der Waals surface area contributed by atoms with Crippen molar-refractivity contribution in [2.75, 3.05) is 12.0 Å². The lowest BCUT2D eigenvalue weighted by atomic mass is 9.51. The smallest absolute Gasteiger partial charge is 0.242 e. The zero-order valence-corrected chi connectivity index (χ0v) is 35.4. The number of hydrogen-bond donors (Lipinski definition) is 1. The molecule has 0 spiro atoms. The highest BCUT2D eigenvalue weighted by Gasteiger charge is 2.68. The molecule has 2 aliphatic heterocycles. The van der Waals surface area contributed by atoms with E-state index in [1.54, 1.807) is 40.1 Å². The molecule has 10 nitrogen and oxygen atoms in total. The van der Waals surface area contributed by atoms with E-state index in [4.69, 9.17) is 21.4 Å². The Morgan fingerprint density at radius 3 is 2.47 bits per heavy atom. The first-order valence-electron chi connectivity index (χ1n) is 18.7. The second kappa shape index (κ2) is 13.3. The minimum absolute atomic E-state index is 0.107. The van der Waals surface area contributed by atoms with E-state index in [1.165, 1.54) is 12.0 Å². The monoisotopic (exact) mass is 908 g/mol. The maximum Gasteiger partial charge on any atom is 0.242 e. The molecule has 4 heterocycles. The first kappa shape index (κ1) is 37.1. The van der Waals surface area contributed by atoms with Gasteiger partial charge in [0.1, 0.15) is 11.5 Å². The van der Waals surface area contributed by atoms with E-state index in [1.807, 2.05) is 38.1 Å². The quantitative estimate of drug-likeness (QED) is 0.157. The average Bonchev–Trinajstić information content (AvgIpc) is 3.84. The number of methoxy groups -OCH3 is 1. The lowest BCUT2D eigenvalue weighted by molar-refractivity contribution is -0.144. The molecule has 2 saturated heterocycles. The van der Waals surface area contributed by atoms with Crippen molar-refractivity contribution in [3.05, 3.63) is 67.1 Å². The Morgan fingerprint density at radius 2 is 1.75 bits per heavy atom. The maximum atomic E-state index is 15.3. The fourth-order valence-electron chi connectivity index (χ4n) is 10.5. The number of phenolic OH excluding ortho intramolecular Hbond substituents is 1. The summed E-state index contributed by atoms with van der Waals surface area (Å²) >= 11 is 15.2. The molecule has 0 bridgehead atoms. The van der Waals surface area contributed by atoms with Gasteiger partial charge in [0.05, 0.1) is 39.6 Å². The Bertz CT molecular complexity index is 2400. The minimum atomic E-state index is -1.31. The number of benzene rings is 2. The van der Waals surface area contributed by atoms with Crippen molar-refractivity contribution in [3.63, 3.8) is 0 Å². The minimum Gasteiger partial charge on any atom is -0.503 e. The highest BCUT2D eigenvalue weighted by molar-refractivity contribution is 9.13. The van der Waals surface area contributed by atoms with Gasteiger partial charge < -0.3 is 9.84 Å². The molecule has 2 saturated carbocycles. The van der Waals surface area contributed by atoms with Crippen LogP contribution in [-0.2, 0) is 26.2 Å². The number of rotatable bonds is 5. The fraction of sp³-hybridized carbons (Fsp3) is 0.439. The van der Waals surface area contributed by atoms with Crippen molar-refractivity contribution in [2.45, 2.75) is 70.8 Å². The number of aryl methyl sites for hydroxylation is 2. The van der Waals surface area contributed by atoms with Crippen LogP contribution in [0, 0.1) is 36.0 Å². The average molecular weight is 911 g/mol. The van der Waals surface area contributed by atoms with E-state index in [9.17, 15) is 14.7 Å². The van der Waals surface area contributed by atoms with E-state index in [2.05, 4.69) is 31.9 Å². The van der Waals surface area contributed by atoms with Gasteiger partial charge in [-0.25, -0.2) is 4.90 Å². The van der Waals surface area contributed by atoms with Crippen LogP contribution in [0.5, 0.6) is 11.5 Å². The number of phenols is 1. The molecule has 0 radical (unpaired) electrons. The third-order valence-corrected chi connectivity index (χ3v) is 16.9. The van der Waals surface area contributed by atoms with Gasteiger partial charge in [-0.05, 0) is 118 Å². The molecule has 1 N–H and O–H groups in total. The van der Waals surface area contributed by atoms with E-state index >= 15 is 9.59 Å². The van der Waals surface area contributed by atoms with Gasteiger partial charge in [0.2, 0.25) is 23.6 Å². The van der Waals surface area contributed by atoms with Gasteiger partial charge in [0, 0.05) is 39.3 Å². The number of allylic oxidation sites excluding steroid dienone is 2. The van der Waals surface area contributed by atoms with Gasteiger partial charge >= 0.3 is 0 Å². The topological polar surface area (TPSA) is 122 Å². The first-order chi connectivity index (χ1) is 26.3. The summed E-state index contributed by atoms with van der Waals surface area (Å²) in [5, 5.41) is 17.4. The van der Waals surface area contributed by atoms with E-state index in [0.29, 0.717) is 37.5 Å². The molecule has 2 aromatic heterocycles. The van der Waals surface area contributed by atoms with Crippen LogP contribution < -0.4 is 9.64 Å². The van der Waals surface area contributed by atoms with Gasteiger partial charge in [-0.3, -0.25) is 28.8 Å². The van der Waals surface area contributed by atoms with Crippen LogP contribution in [0.25, 0.3) is 20.7 Å². The van der Waals surface area contributed by atoms with Crippen molar-refractivity contribution >= 4 is 94.3 Å². The zero-order valence-electron chi connectivity index (χ0n) is 30.7. The highest BCUT2D eigenvalue weighted by atomic mass is 79.9. The number of aromatic nitrogens is 2. The Morgan fingerprint density at radius 1 is 1.00 bits per heavy atom. The number of likely N-dealkylation sites (tertiary alicyclic amines) is 1. The molecule has 5 aliphatic rings. The molecular formula is C41H39Br2ClN4O6S. The van der Waals surface area contributed by atoms with Gasteiger partial charge in [-0.15, -0.1) is 11.3 Å². The molecule has 286 valence electrons. The Balaban J connectivity index is 1.18. The van der Waals surface area contributed by atoms with E-state index < -0.39 is 35.0 Å². The van der Waals surface area contributed by atoms with Crippen LogP contribution in [0.4, 0.5) is 5.82 Å². The van der Waals surface area contributed by atoms with Crippen molar-refractivity contribution in [1.29, 1.82) is 0 Å². The second-order valence-electron chi connectivity index (χ2n) is 15.9. The summed E-state index contributed by atoms with van der Waals surface area (Å²) in [6, 6.07) is 9.16. The van der Waals surface area contributed by atoms with Crippen molar-refractivity contribution in [1.82, 2.24) is 14.7 Å². The Labute approximate surface area is 344 Å². The summed E-state index contributed by atoms with van der Waals surface area (Å²) in [6.45, 7) is 3.86. The van der Waals surface area contributed by atoms with Crippen LogP contribution >= 0.6 is 54.8 Å². The van der Waals surface area contributed by atoms with Crippen LogP contribution in [0.1, 0.15) is 68.9 Å². The summed E-state index contributed by atoms with van der Waals surface area (Å²) in [5.41, 5.74) is 1.83. The maximum absolute atomic E-state index is 15.3. The molecule has 55 heavy (non-hydrogen) atoms. The number of aromatic hydroxyl groups is 1. The van der Waals surface area contributed by atoms with Crippen LogP contribution in [0.3, 0.4) is 0 Å². The summed E-state index contributed by atoms with van der Waals surface area (Å²) in [5.74, 6) is -3.71. The van der Waals surface area contributed by atoms with E-state index in [0.717, 1.165) is 58.2 Å². The van der Waals surface area contributed by atoms with Gasteiger partial charge in [0.25, 0.3) is 0 Å². The fourth-order valence-corrected chi connectivity index (χ4v) is 12.8. The third kappa shape index (κ3) is 5.24. The molecule has 6 atom stereocenters. The number of fused-ring (bicyclic) bond motifs is 5. The number of carbonyl (C=O) groups excluding carboxylic acids is 4. The summed E-state index contributed by atoms with van der Waals surface area (Å²) in [4.78, 5) is 62.6. The predicted molar refractivity (Wildman–Crippen MR) is 217 cm³/mol. The molecule has 9 rings (SSSR count). The molecule has 14 heteroatoms. The molecule has 3 aliphatic carbocycles. The second-order valence-corrected chi connectivity index (χ2v) is 18.9. The van der Waals surface area contributed by atoms with Crippen LogP contribution in [0.2, 0.25) is 5.02 Å². The van der Waals surface area contributed by atoms with Gasteiger partial charge in [-0.1, -0.05) is 42.5 Å². The third-order valence-electron chi connectivity index (χ3n) is 13.2. The normalized spacial score (nSPS) is 28.2. The largest absolute Gasteiger partial charge is 0.503 e.